The summed E-state index contributed by atoms with van der Waals surface area (Å²) >= 11 is 0. The van der Waals surface area contributed by atoms with Crippen LogP contribution < -0.4 is 4.74 Å². The number of ether oxygens (including phenoxy) is 1. The normalized spacial score (nSPS) is 12.2. The summed E-state index contributed by atoms with van der Waals surface area (Å²) in [6.07, 6.45) is 3.64. The molecule has 0 aliphatic heterocycles. The highest BCUT2D eigenvalue weighted by Gasteiger charge is 2.14. The van der Waals surface area contributed by atoms with Crippen LogP contribution in [0.3, 0.4) is 0 Å². The molecule has 1 aromatic carbocycles. The van der Waals surface area contributed by atoms with E-state index < -0.39 is 6.10 Å². The first kappa shape index (κ1) is 14.5. The average Bonchev–Trinajstić information content (AvgIpc) is 2.47. The molecule has 1 unspecified atom stereocenters. The van der Waals surface area contributed by atoms with Gasteiger partial charge >= 0.3 is 0 Å². The van der Waals surface area contributed by atoms with Crippen LogP contribution in [0.25, 0.3) is 0 Å². The van der Waals surface area contributed by atoms with Gasteiger partial charge in [-0.3, -0.25) is 4.98 Å². The van der Waals surface area contributed by atoms with Crippen LogP contribution in [0.4, 0.5) is 0 Å². The van der Waals surface area contributed by atoms with Crippen LogP contribution >= 0.6 is 0 Å². The third kappa shape index (κ3) is 3.36. The highest BCUT2D eigenvalue weighted by atomic mass is 16.5. The predicted octanol–water partition coefficient (Wildman–Crippen LogP) is 3.57. The number of aryl methyl sites for hydroxylation is 2. The molecule has 0 fully saturated rings. The Morgan fingerprint density at radius 3 is 2.75 bits per heavy atom. The Bertz CT molecular complexity index is 581. The fourth-order valence-electron chi connectivity index (χ4n) is 2.12. The van der Waals surface area contributed by atoms with Crippen molar-refractivity contribution in [1.82, 2.24) is 4.98 Å². The quantitative estimate of drug-likeness (QED) is 0.904. The molecule has 0 aliphatic carbocycles. The topological polar surface area (TPSA) is 42.4 Å². The minimum Gasteiger partial charge on any atom is -0.492 e. The molecule has 0 saturated carbocycles. The number of hydrogen-bond donors (Lipinski definition) is 1. The Morgan fingerprint density at radius 1 is 1.20 bits per heavy atom. The number of rotatable bonds is 5. The SMILES string of the molecule is CCCOc1cncc(C(O)c2cc(C)ccc2C)c1. The Morgan fingerprint density at radius 2 is 2.00 bits per heavy atom. The highest BCUT2D eigenvalue weighted by Crippen LogP contribution is 2.27. The average molecular weight is 271 g/mol. The van der Waals surface area contributed by atoms with E-state index in [1.165, 1.54) is 0 Å². The van der Waals surface area contributed by atoms with Crippen molar-refractivity contribution in [3.63, 3.8) is 0 Å². The van der Waals surface area contributed by atoms with Crippen LogP contribution in [0.2, 0.25) is 0 Å². The Kier molecular flexibility index (Phi) is 4.74. The maximum atomic E-state index is 10.6. The molecule has 2 rings (SSSR count). The molecule has 106 valence electrons. The molecule has 1 aromatic heterocycles. The molecule has 2 aromatic rings. The fourth-order valence-corrected chi connectivity index (χ4v) is 2.12. The monoisotopic (exact) mass is 271 g/mol. The molecule has 1 N–H and O–H groups in total. The van der Waals surface area contributed by atoms with Gasteiger partial charge < -0.3 is 9.84 Å². The van der Waals surface area contributed by atoms with Crippen LogP contribution in [0.15, 0.2) is 36.7 Å². The van der Waals surface area contributed by atoms with Crippen molar-refractivity contribution in [1.29, 1.82) is 0 Å². The van der Waals surface area contributed by atoms with E-state index in [1.54, 1.807) is 12.4 Å². The van der Waals surface area contributed by atoms with Crippen LogP contribution in [0.1, 0.15) is 41.7 Å². The van der Waals surface area contributed by atoms with E-state index in [0.29, 0.717) is 12.4 Å². The van der Waals surface area contributed by atoms with Gasteiger partial charge in [0.15, 0.2) is 0 Å². The van der Waals surface area contributed by atoms with Gasteiger partial charge in [0.05, 0.1) is 12.8 Å². The van der Waals surface area contributed by atoms with Crippen molar-refractivity contribution in [3.05, 3.63) is 58.9 Å². The lowest BCUT2D eigenvalue weighted by Gasteiger charge is -2.15. The first-order valence-electron chi connectivity index (χ1n) is 6.94. The van der Waals surface area contributed by atoms with Crippen molar-refractivity contribution >= 4 is 0 Å². The van der Waals surface area contributed by atoms with E-state index in [2.05, 4.69) is 11.9 Å². The molecule has 0 aliphatic rings. The Labute approximate surface area is 120 Å². The van der Waals surface area contributed by atoms with Gasteiger partial charge in [0, 0.05) is 11.8 Å². The van der Waals surface area contributed by atoms with Crippen molar-refractivity contribution < 1.29 is 9.84 Å². The van der Waals surface area contributed by atoms with E-state index in [4.69, 9.17) is 4.74 Å². The summed E-state index contributed by atoms with van der Waals surface area (Å²) in [7, 11) is 0. The van der Waals surface area contributed by atoms with Crippen LogP contribution in [0.5, 0.6) is 5.75 Å². The van der Waals surface area contributed by atoms with E-state index >= 15 is 0 Å². The molecule has 3 nitrogen and oxygen atoms in total. The molecule has 3 heteroatoms. The molecule has 0 amide bonds. The fraction of sp³-hybridized carbons (Fsp3) is 0.353. The van der Waals surface area contributed by atoms with E-state index in [1.807, 2.05) is 38.1 Å². The standard InChI is InChI=1S/C17H21NO2/c1-4-7-20-15-9-14(10-18-11-15)17(19)16-8-12(2)5-6-13(16)3/h5-6,8-11,17,19H,4,7H2,1-3H3. The van der Waals surface area contributed by atoms with Crippen molar-refractivity contribution in [2.24, 2.45) is 0 Å². The van der Waals surface area contributed by atoms with E-state index in [9.17, 15) is 5.11 Å². The van der Waals surface area contributed by atoms with Gasteiger partial charge in [0.25, 0.3) is 0 Å². The Hall–Kier alpha value is -1.87. The lowest BCUT2D eigenvalue weighted by Crippen LogP contribution is -2.04. The van der Waals surface area contributed by atoms with Gasteiger partial charge in [-0.05, 0) is 37.5 Å². The number of benzene rings is 1. The number of aliphatic hydroxyl groups is 1. The summed E-state index contributed by atoms with van der Waals surface area (Å²) in [6.45, 7) is 6.74. The first-order chi connectivity index (χ1) is 9.61. The summed E-state index contributed by atoms with van der Waals surface area (Å²) in [5, 5.41) is 10.6. The highest BCUT2D eigenvalue weighted by molar-refractivity contribution is 5.38. The van der Waals surface area contributed by atoms with Gasteiger partial charge in [-0.1, -0.05) is 30.7 Å². The maximum absolute atomic E-state index is 10.6. The zero-order valence-corrected chi connectivity index (χ0v) is 12.3. The smallest absolute Gasteiger partial charge is 0.137 e. The molecule has 1 atom stereocenters. The lowest BCUT2D eigenvalue weighted by molar-refractivity contribution is 0.218. The summed E-state index contributed by atoms with van der Waals surface area (Å²) in [5.41, 5.74) is 3.88. The summed E-state index contributed by atoms with van der Waals surface area (Å²) in [4.78, 5) is 4.15. The summed E-state index contributed by atoms with van der Waals surface area (Å²) in [5.74, 6) is 0.703. The molecule has 0 saturated heterocycles. The molecule has 0 radical (unpaired) electrons. The number of aromatic nitrogens is 1. The largest absolute Gasteiger partial charge is 0.492 e. The minimum atomic E-state index is -0.674. The molecule has 20 heavy (non-hydrogen) atoms. The van der Waals surface area contributed by atoms with Crippen LogP contribution in [0, 0.1) is 13.8 Å². The van der Waals surface area contributed by atoms with Gasteiger partial charge in [0.1, 0.15) is 11.9 Å². The molecular weight excluding hydrogens is 250 g/mol. The number of nitrogens with zero attached hydrogens (tertiary/aromatic N) is 1. The van der Waals surface area contributed by atoms with Gasteiger partial charge in [-0.2, -0.15) is 0 Å². The second-order valence-electron chi connectivity index (χ2n) is 5.07. The minimum absolute atomic E-state index is 0.657. The zero-order valence-electron chi connectivity index (χ0n) is 12.3. The van der Waals surface area contributed by atoms with Crippen molar-refractivity contribution in [2.45, 2.75) is 33.3 Å². The van der Waals surface area contributed by atoms with Gasteiger partial charge in [0.2, 0.25) is 0 Å². The lowest BCUT2D eigenvalue weighted by atomic mass is 9.97. The predicted molar refractivity (Wildman–Crippen MR) is 80.0 cm³/mol. The molecule has 0 bridgehead atoms. The maximum Gasteiger partial charge on any atom is 0.137 e. The van der Waals surface area contributed by atoms with E-state index in [-0.39, 0.29) is 0 Å². The third-order valence-electron chi connectivity index (χ3n) is 3.25. The number of hydrogen-bond acceptors (Lipinski definition) is 3. The van der Waals surface area contributed by atoms with Crippen LogP contribution in [-0.4, -0.2) is 16.7 Å². The Balaban J connectivity index is 2.28. The second-order valence-corrected chi connectivity index (χ2v) is 5.07. The van der Waals surface area contributed by atoms with Gasteiger partial charge in [-0.15, -0.1) is 0 Å². The molecule has 1 heterocycles. The zero-order chi connectivity index (χ0) is 14.5. The summed E-state index contributed by atoms with van der Waals surface area (Å²) in [6, 6.07) is 7.94. The van der Waals surface area contributed by atoms with E-state index in [0.717, 1.165) is 28.7 Å². The number of aliphatic hydroxyl groups excluding tert-OH is 1. The third-order valence-corrected chi connectivity index (χ3v) is 3.25. The summed E-state index contributed by atoms with van der Waals surface area (Å²) < 4.78 is 5.56. The van der Waals surface area contributed by atoms with Crippen molar-refractivity contribution in [3.8, 4) is 5.75 Å². The first-order valence-corrected chi connectivity index (χ1v) is 6.94. The second kappa shape index (κ2) is 6.53. The van der Waals surface area contributed by atoms with Gasteiger partial charge in [-0.25, -0.2) is 0 Å². The van der Waals surface area contributed by atoms with Crippen molar-refractivity contribution in [2.75, 3.05) is 6.61 Å². The molecular formula is C17H21NO2. The molecule has 0 spiro atoms. The van der Waals surface area contributed by atoms with Crippen LogP contribution in [-0.2, 0) is 0 Å². The number of pyridine rings is 1.